The van der Waals surface area contributed by atoms with Crippen LogP contribution in [-0.4, -0.2) is 74.0 Å². The van der Waals surface area contributed by atoms with Gasteiger partial charge < -0.3 is 24.4 Å². The van der Waals surface area contributed by atoms with Crippen LogP contribution in [0.15, 0.2) is 42.2 Å². The molecule has 9 nitrogen and oxygen atoms in total. The fourth-order valence-corrected chi connectivity index (χ4v) is 5.29. The Hall–Kier alpha value is -2.88. The summed E-state index contributed by atoms with van der Waals surface area (Å²) in [5.41, 5.74) is 1.10. The van der Waals surface area contributed by atoms with Crippen molar-refractivity contribution in [2.75, 3.05) is 40.0 Å². The number of hydrogen-bond donors (Lipinski definition) is 2. The summed E-state index contributed by atoms with van der Waals surface area (Å²) in [4.78, 5) is 31.7. The normalized spacial score (nSPS) is 18.2. The number of allylic oxidation sites excluding steroid dienone is 3. The standard InChI is InChI=1S/C31H46N2O7/c1-3-9-28(40-36)13-7-12-27(34)11-5-4-6-14-31(35)32-25(22-33-17-8-10-26(33)23-37-2)20-24-15-16-29-30(21-24)39-19-18-38-29/h7,9,13,15-16,21,25-26,36H,3-6,8,10-12,14,17-20,22-23H2,1-2H3,(H,32,35)/b13-7-,28-9+/t25-,26?/m0/s1. The first-order valence-electron chi connectivity index (χ1n) is 14.6. The van der Waals surface area contributed by atoms with Crippen molar-refractivity contribution in [3.63, 3.8) is 0 Å². The number of nitrogens with one attached hydrogen (secondary N) is 1. The highest BCUT2D eigenvalue weighted by Crippen LogP contribution is 2.31. The van der Waals surface area contributed by atoms with Crippen LogP contribution < -0.4 is 14.8 Å². The average Bonchev–Trinajstić information content (AvgIpc) is 3.38. The van der Waals surface area contributed by atoms with Gasteiger partial charge in [-0.2, -0.15) is 0 Å². The number of rotatable bonds is 18. The summed E-state index contributed by atoms with van der Waals surface area (Å²) in [6.45, 7) is 5.52. The summed E-state index contributed by atoms with van der Waals surface area (Å²) in [6, 6.07) is 6.37. The molecule has 1 aromatic carbocycles. The lowest BCUT2D eigenvalue weighted by Gasteiger charge is -2.29. The largest absolute Gasteiger partial charge is 0.486 e. The number of hydrogen-bond acceptors (Lipinski definition) is 8. The van der Waals surface area contributed by atoms with Gasteiger partial charge in [0.1, 0.15) is 19.0 Å². The van der Waals surface area contributed by atoms with E-state index in [2.05, 4.69) is 15.1 Å². The zero-order valence-electron chi connectivity index (χ0n) is 24.1. The van der Waals surface area contributed by atoms with Crippen LogP contribution in [0.5, 0.6) is 11.5 Å². The molecule has 1 saturated heterocycles. The van der Waals surface area contributed by atoms with E-state index in [0.717, 1.165) is 68.7 Å². The summed E-state index contributed by atoms with van der Waals surface area (Å²) in [6.07, 6.45) is 12.2. The number of carbonyl (C=O) groups is 2. The van der Waals surface area contributed by atoms with E-state index in [1.165, 1.54) is 0 Å². The molecule has 3 rings (SSSR count). The van der Waals surface area contributed by atoms with Gasteiger partial charge in [0.05, 0.1) is 6.61 Å². The maximum absolute atomic E-state index is 12.9. The molecule has 222 valence electrons. The smallest absolute Gasteiger partial charge is 0.220 e. The Morgan fingerprint density at radius 1 is 1.18 bits per heavy atom. The van der Waals surface area contributed by atoms with Crippen molar-refractivity contribution in [2.45, 2.75) is 83.2 Å². The van der Waals surface area contributed by atoms with Gasteiger partial charge in [-0.25, -0.2) is 5.26 Å². The number of fused-ring (bicyclic) bond motifs is 1. The third-order valence-electron chi connectivity index (χ3n) is 7.26. The Morgan fingerprint density at radius 3 is 2.75 bits per heavy atom. The second-order valence-corrected chi connectivity index (χ2v) is 10.5. The molecule has 0 bridgehead atoms. The Kier molecular flexibility index (Phi) is 14.0. The number of carbonyl (C=O) groups excluding carboxylic acids is 2. The molecule has 2 aliphatic heterocycles. The summed E-state index contributed by atoms with van der Waals surface area (Å²) in [7, 11) is 1.74. The first-order chi connectivity index (χ1) is 19.5. The monoisotopic (exact) mass is 558 g/mol. The number of benzene rings is 1. The lowest BCUT2D eigenvalue weighted by Crippen LogP contribution is -2.47. The number of ether oxygens (including phenoxy) is 3. The van der Waals surface area contributed by atoms with E-state index in [9.17, 15) is 9.59 Å². The number of Topliss-reactive ketones (excluding diaryl/α,β-unsaturated/α-hetero) is 1. The van der Waals surface area contributed by atoms with E-state index in [1.54, 1.807) is 25.3 Å². The van der Waals surface area contributed by atoms with Crippen LogP contribution in [0.4, 0.5) is 0 Å². The van der Waals surface area contributed by atoms with Crippen molar-refractivity contribution in [1.82, 2.24) is 10.2 Å². The molecule has 40 heavy (non-hydrogen) atoms. The van der Waals surface area contributed by atoms with Crippen LogP contribution in [0.3, 0.4) is 0 Å². The Balaban J connectivity index is 1.45. The Bertz CT molecular complexity index is 994. The molecular formula is C31H46N2O7. The van der Waals surface area contributed by atoms with Gasteiger partial charge >= 0.3 is 0 Å². The van der Waals surface area contributed by atoms with Crippen molar-refractivity contribution < 1.29 is 33.9 Å². The number of amides is 1. The maximum atomic E-state index is 12.9. The van der Waals surface area contributed by atoms with Gasteiger partial charge in [-0.3, -0.25) is 14.5 Å². The summed E-state index contributed by atoms with van der Waals surface area (Å²) in [5.74, 6) is 2.04. The van der Waals surface area contributed by atoms with Crippen molar-refractivity contribution >= 4 is 11.7 Å². The molecule has 1 aromatic rings. The van der Waals surface area contributed by atoms with E-state index >= 15 is 0 Å². The summed E-state index contributed by atoms with van der Waals surface area (Å²) < 4.78 is 16.9. The molecule has 2 aliphatic rings. The predicted octanol–water partition coefficient (Wildman–Crippen LogP) is 4.85. The Morgan fingerprint density at radius 2 is 1.98 bits per heavy atom. The van der Waals surface area contributed by atoms with Crippen LogP contribution in [0.2, 0.25) is 0 Å². The zero-order chi connectivity index (χ0) is 28.6. The molecule has 0 aliphatic carbocycles. The van der Waals surface area contributed by atoms with Gasteiger partial charge in [0.2, 0.25) is 5.91 Å². The fourth-order valence-electron chi connectivity index (χ4n) is 5.29. The molecule has 2 atom stereocenters. The minimum atomic E-state index is -0.0320. The van der Waals surface area contributed by atoms with Crippen LogP contribution in [-0.2, 0) is 25.6 Å². The first kappa shape index (κ1) is 31.6. The maximum Gasteiger partial charge on any atom is 0.220 e. The van der Waals surface area contributed by atoms with E-state index in [4.69, 9.17) is 19.5 Å². The average molecular weight is 559 g/mol. The number of nitrogens with zero attached hydrogens (tertiary/aromatic N) is 1. The highest BCUT2D eigenvalue weighted by Gasteiger charge is 2.27. The van der Waals surface area contributed by atoms with Gasteiger partial charge in [0, 0.05) is 45.0 Å². The highest BCUT2D eigenvalue weighted by atomic mass is 17.1. The minimum absolute atomic E-state index is 0.0320. The molecule has 0 saturated carbocycles. The Labute approximate surface area is 238 Å². The van der Waals surface area contributed by atoms with Crippen molar-refractivity contribution in [2.24, 2.45) is 0 Å². The number of methoxy groups -OCH3 is 1. The van der Waals surface area contributed by atoms with E-state index in [1.807, 2.05) is 25.1 Å². The van der Waals surface area contributed by atoms with Crippen LogP contribution in [0.1, 0.15) is 70.3 Å². The second-order valence-electron chi connectivity index (χ2n) is 10.5. The number of ketones is 1. The van der Waals surface area contributed by atoms with Crippen LogP contribution in [0.25, 0.3) is 0 Å². The SMILES string of the molecule is CC/C=C(\C=C/CC(=O)CCCCCC(=O)N[C@@H](Cc1ccc2c(c1)OCCO2)CN1CCCC1COC)OO. The molecular weight excluding hydrogens is 512 g/mol. The molecule has 0 radical (unpaired) electrons. The molecule has 2 N–H and O–H groups in total. The van der Waals surface area contributed by atoms with Crippen LogP contribution in [0, 0.1) is 0 Å². The molecule has 1 fully saturated rings. The van der Waals surface area contributed by atoms with Crippen LogP contribution >= 0.6 is 0 Å². The minimum Gasteiger partial charge on any atom is -0.486 e. The molecule has 9 heteroatoms. The fraction of sp³-hybridized carbons (Fsp3) is 0.613. The quantitative estimate of drug-likeness (QED) is 0.0866. The molecule has 1 unspecified atom stereocenters. The predicted molar refractivity (Wildman–Crippen MR) is 153 cm³/mol. The van der Waals surface area contributed by atoms with Gasteiger partial charge in [-0.1, -0.05) is 25.5 Å². The van der Waals surface area contributed by atoms with Crippen molar-refractivity contribution in [1.29, 1.82) is 0 Å². The number of likely N-dealkylation sites (tertiary alicyclic amines) is 1. The van der Waals surface area contributed by atoms with E-state index in [0.29, 0.717) is 57.3 Å². The topological polar surface area (TPSA) is 107 Å². The number of unbranched alkanes of at least 4 members (excludes halogenated alkanes) is 2. The third kappa shape index (κ3) is 10.9. The van der Waals surface area contributed by atoms with Crippen molar-refractivity contribution in [3.8, 4) is 11.5 Å². The van der Waals surface area contributed by atoms with Crippen molar-refractivity contribution in [3.05, 3.63) is 47.7 Å². The lowest BCUT2D eigenvalue weighted by molar-refractivity contribution is -0.198. The van der Waals surface area contributed by atoms with Gasteiger partial charge in [0.15, 0.2) is 17.3 Å². The van der Waals surface area contributed by atoms with E-state index < -0.39 is 0 Å². The summed E-state index contributed by atoms with van der Waals surface area (Å²) in [5, 5.41) is 12.1. The highest BCUT2D eigenvalue weighted by molar-refractivity contribution is 5.79. The second kappa shape index (κ2) is 17.7. The molecule has 1 amide bonds. The summed E-state index contributed by atoms with van der Waals surface area (Å²) >= 11 is 0. The molecule has 2 heterocycles. The van der Waals surface area contributed by atoms with Gasteiger partial charge in [-0.05, 0) is 74.9 Å². The molecule has 0 spiro atoms. The first-order valence-corrected chi connectivity index (χ1v) is 14.6. The van der Waals surface area contributed by atoms with Gasteiger partial charge in [0.25, 0.3) is 0 Å². The third-order valence-corrected chi connectivity index (χ3v) is 7.26. The molecule has 0 aromatic heterocycles. The zero-order valence-corrected chi connectivity index (χ0v) is 24.1. The lowest BCUT2D eigenvalue weighted by atomic mass is 10.0. The van der Waals surface area contributed by atoms with Gasteiger partial charge in [-0.15, -0.1) is 0 Å². The van der Waals surface area contributed by atoms with E-state index in [-0.39, 0.29) is 17.7 Å².